The Hall–Kier alpha value is -1.02. The number of hydrogen-bond donors (Lipinski definition) is 1. The Labute approximate surface area is 136 Å². The minimum atomic E-state index is -4.19. The van der Waals surface area contributed by atoms with Crippen LogP contribution in [-0.4, -0.2) is 23.9 Å². The Bertz CT molecular complexity index is 519. The summed E-state index contributed by atoms with van der Waals surface area (Å²) in [6.07, 6.45) is -2.85. The zero-order chi connectivity index (χ0) is 16.0. The molecule has 0 aliphatic carbocycles. The van der Waals surface area contributed by atoms with Crippen LogP contribution in [0.25, 0.3) is 6.08 Å². The number of alkyl halides is 3. The molecule has 1 rings (SSSR count). The van der Waals surface area contributed by atoms with E-state index in [0.29, 0.717) is 20.3 Å². The molecule has 0 amide bonds. The van der Waals surface area contributed by atoms with Crippen LogP contribution in [0, 0.1) is 0 Å². The van der Waals surface area contributed by atoms with Gasteiger partial charge in [-0.25, -0.2) is 4.79 Å². The van der Waals surface area contributed by atoms with Crippen LogP contribution in [0.5, 0.6) is 5.75 Å². The van der Waals surface area contributed by atoms with Gasteiger partial charge in [0.1, 0.15) is 5.75 Å². The Morgan fingerprint density at radius 1 is 1.29 bits per heavy atom. The van der Waals surface area contributed by atoms with Crippen molar-refractivity contribution in [3.63, 3.8) is 0 Å². The summed E-state index contributed by atoms with van der Waals surface area (Å²) in [5.41, 5.74) is 0.610. The van der Waals surface area contributed by atoms with Gasteiger partial charge in [0.25, 0.3) is 0 Å². The summed E-state index contributed by atoms with van der Waals surface area (Å²) in [6, 6.07) is 3.23. The molecule has 0 atom stereocenters. The molecule has 0 saturated heterocycles. The molecule has 1 aromatic rings. The fourth-order valence-corrected chi connectivity index (χ4v) is 2.88. The molecule has 0 aliphatic heterocycles. The first-order valence-electron chi connectivity index (χ1n) is 5.78. The summed E-state index contributed by atoms with van der Waals surface area (Å²) in [4.78, 5) is 10.4. The molecule has 0 fully saturated rings. The highest BCUT2D eigenvalue weighted by Gasteiger charge is 2.26. The summed E-state index contributed by atoms with van der Waals surface area (Å²) in [7, 11) is 0. The number of carboxylic acids is 1. The van der Waals surface area contributed by atoms with Gasteiger partial charge in [0.15, 0.2) is 0 Å². The van der Waals surface area contributed by atoms with Crippen molar-refractivity contribution in [2.45, 2.75) is 19.0 Å². The van der Waals surface area contributed by atoms with Crippen LogP contribution in [0.2, 0.25) is 0 Å². The fraction of sp³-hybridized carbons (Fsp3) is 0.308. The van der Waals surface area contributed by atoms with Gasteiger partial charge in [-0.05, 0) is 62.1 Å². The topological polar surface area (TPSA) is 46.5 Å². The minimum absolute atomic E-state index is 0.0684. The highest BCUT2D eigenvalue weighted by molar-refractivity contribution is 9.11. The van der Waals surface area contributed by atoms with Gasteiger partial charge in [-0.3, -0.25) is 0 Å². The molecule has 0 aromatic heterocycles. The maximum absolute atomic E-state index is 12.0. The number of benzene rings is 1. The van der Waals surface area contributed by atoms with Crippen molar-refractivity contribution in [1.82, 2.24) is 0 Å². The van der Waals surface area contributed by atoms with Crippen LogP contribution in [-0.2, 0) is 4.79 Å². The normalized spacial score (nSPS) is 11.9. The monoisotopic (exact) mass is 430 g/mol. The van der Waals surface area contributed by atoms with Gasteiger partial charge in [0.05, 0.1) is 15.6 Å². The number of halogens is 5. The second-order valence-electron chi connectivity index (χ2n) is 4.05. The van der Waals surface area contributed by atoms with Crippen molar-refractivity contribution in [3.8, 4) is 5.75 Å². The Kier molecular flexibility index (Phi) is 6.73. The number of hydrogen-bond acceptors (Lipinski definition) is 2. The Morgan fingerprint density at radius 2 is 1.86 bits per heavy atom. The first-order chi connectivity index (χ1) is 9.69. The predicted molar refractivity (Wildman–Crippen MR) is 79.3 cm³/mol. The Morgan fingerprint density at radius 3 is 2.33 bits per heavy atom. The second kappa shape index (κ2) is 7.84. The quantitative estimate of drug-likeness (QED) is 0.507. The van der Waals surface area contributed by atoms with Crippen LogP contribution in [0.3, 0.4) is 0 Å². The Balaban J connectivity index is 2.70. The molecule has 0 radical (unpaired) electrons. The van der Waals surface area contributed by atoms with E-state index in [9.17, 15) is 18.0 Å². The van der Waals surface area contributed by atoms with E-state index >= 15 is 0 Å². The van der Waals surface area contributed by atoms with Crippen molar-refractivity contribution in [2.75, 3.05) is 6.61 Å². The summed E-state index contributed by atoms with van der Waals surface area (Å²) < 4.78 is 42.4. The number of ether oxygens (including phenoxy) is 1. The molecule has 0 aliphatic rings. The molecule has 3 nitrogen and oxygen atoms in total. The summed E-state index contributed by atoms with van der Waals surface area (Å²) in [5.74, 6) is -0.695. The third-order valence-corrected chi connectivity index (χ3v) is 3.47. The average molecular weight is 432 g/mol. The number of rotatable bonds is 6. The third-order valence-electron chi connectivity index (χ3n) is 2.29. The van der Waals surface area contributed by atoms with E-state index in [1.807, 2.05) is 0 Å². The van der Waals surface area contributed by atoms with Gasteiger partial charge in [0.2, 0.25) is 0 Å². The minimum Gasteiger partial charge on any atom is -0.491 e. The van der Waals surface area contributed by atoms with Crippen molar-refractivity contribution < 1.29 is 27.8 Å². The summed E-state index contributed by atoms with van der Waals surface area (Å²) in [5, 5.41) is 8.55. The molecule has 1 aromatic carbocycles. The van der Waals surface area contributed by atoms with E-state index in [1.165, 1.54) is 6.08 Å². The standard InChI is InChI=1S/C13H11Br2F3O3/c14-9-6-8(2-3-11(19)20)7-10(15)12(9)21-5-1-4-13(16,17)18/h2-3,6-7H,1,4-5H2,(H,19,20)/b3-2+. The van der Waals surface area contributed by atoms with Crippen LogP contribution >= 0.6 is 31.9 Å². The average Bonchev–Trinajstić information content (AvgIpc) is 2.33. The van der Waals surface area contributed by atoms with Crippen LogP contribution in [0.4, 0.5) is 13.2 Å². The van der Waals surface area contributed by atoms with E-state index in [1.54, 1.807) is 12.1 Å². The van der Waals surface area contributed by atoms with Gasteiger partial charge in [0, 0.05) is 12.5 Å². The van der Waals surface area contributed by atoms with E-state index in [2.05, 4.69) is 31.9 Å². The van der Waals surface area contributed by atoms with Crippen molar-refractivity contribution in [3.05, 3.63) is 32.7 Å². The van der Waals surface area contributed by atoms with E-state index in [-0.39, 0.29) is 13.0 Å². The fourth-order valence-electron chi connectivity index (χ4n) is 1.43. The maximum Gasteiger partial charge on any atom is 0.389 e. The van der Waals surface area contributed by atoms with Gasteiger partial charge >= 0.3 is 12.1 Å². The second-order valence-corrected chi connectivity index (χ2v) is 5.76. The maximum atomic E-state index is 12.0. The molecular weight excluding hydrogens is 421 g/mol. The lowest BCUT2D eigenvalue weighted by Gasteiger charge is -2.12. The lowest BCUT2D eigenvalue weighted by molar-refractivity contribution is -0.136. The predicted octanol–water partition coefficient (Wildman–Crippen LogP) is 5.03. The lowest BCUT2D eigenvalue weighted by Crippen LogP contribution is -2.10. The molecular formula is C13H11Br2F3O3. The first kappa shape index (κ1) is 18.0. The van der Waals surface area contributed by atoms with Gasteiger partial charge in [-0.1, -0.05) is 0 Å². The van der Waals surface area contributed by atoms with Gasteiger partial charge < -0.3 is 9.84 Å². The number of carboxylic acid groups (broad SMARTS) is 1. The zero-order valence-corrected chi connectivity index (χ0v) is 13.8. The zero-order valence-electron chi connectivity index (χ0n) is 10.6. The largest absolute Gasteiger partial charge is 0.491 e. The highest BCUT2D eigenvalue weighted by atomic mass is 79.9. The molecule has 8 heteroatoms. The highest BCUT2D eigenvalue weighted by Crippen LogP contribution is 2.35. The summed E-state index contributed by atoms with van der Waals surface area (Å²) in [6.45, 7) is -0.0684. The van der Waals surface area contributed by atoms with Crippen LogP contribution < -0.4 is 4.74 Å². The molecule has 21 heavy (non-hydrogen) atoms. The smallest absolute Gasteiger partial charge is 0.389 e. The van der Waals surface area contributed by atoms with Gasteiger partial charge in [-0.15, -0.1) is 0 Å². The van der Waals surface area contributed by atoms with E-state index in [4.69, 9.17) is 9.84 Å². The molecule has 1 N–H and O–H groups in total. The van der Waals surface area contributed by atoms with Crippen molar-refractivity contribution >= 4 is 43.9 Å². The first-order valence-corrected chi connectivity index (χ1v) is 7.37. The van der Waals surface area contributed by atoms with E-state index in [0.717, 1.165) is 6.08 Å². The lowest BCUT2D eigenvalue weighted by atomic mass is 10.2. The van der Waals surface area contributed by atoms with Crippen LogP contribution in [0.1, 0.15) is 18.4 Å². The van der Waals surface area contributed by atoms with Crippen molar-refractivity contribution in [2.24, 2.45) is 0 Å². The third kappa shape index (κ3) is 6.99. The van der Waals surface area contributed by atoms with Crippen molar-refractivity contribution in [1.29, 1.82) is 0 Å². The molecule has 0 heterocycles. The van der Waals surface area contributed by atoms with Crippen LogP contribution in [0.15, 0.2) is 27.2 Å². The van der Waals surface area contributed by atoms with Gasteiger partial charge in [-0.2, -0.15) is 13.2 Å². The molecule has 0 bridgehead atoms. The molecule has 0 spiro atoms. The number of carbonyl (C=O) groups is 1. The molecule has 0 unspecified atom stereocenters. The van der Waals surface area contributed by atoms with E-state index < -0.39 is 18.6 Å². The summed E-state index contributed by atoms with van der Waals surface area (Å²) >= 11 is 6.48. The molecule has 0 saturated carbocycles. The SMILES string of the molecule is O=C(O)/C=C/c1cc(Br)c(OCCCC(F)(F)F)c(Br)c1. The molecule has 116 valence electrons. The number of aliphatic carboxylic acids is 1.